The highest BCUT2D eigenvalue weighted by molar-refractivity contribution is 9.10. The van der Waals surface area contributed by atoms with E-state index in [-0.39, 0.29) is 0 Å². The summed E-state index contributed by atoms with van der Waals surface area (Å²) in [6.45, 7) is 3.86. The molecule has 1 aromatic heterocycles. The molecule has 12 heavy (non-hydrogen) atoms. The highest BCUT2D eigenvalue weighted by atomic mass is 79.9. The number of hydrogen-bond donors (Lipinski definition) is 0. The molecule has 59 valence electrons. The molecule has 0 aliphatic carbocycles. The molecule has 1 radical (unpaired) electrons. The molecule has 0 spiro atoms. The van der Waals surface area contributed by atoms with Crippen molar-refractivity contribution in [3.63, 3.8) is 0 Å². The standard InChI is InChI=1S/C10H7BrN/c1-7-2-3-10-8(4-7)5-9(11)6-12-10/h2-6H,1H2. The van der Waals surface area contributed by atoms with Crippen LogP contribution in [0.1, 0.15) is 5.56 Å². The molecule has 0 unspecified atom stereocenters. The van der Waals surface area contributed by atoms with Crippen molar-refractivity contribution in [3.8, 4) is 0 Å². The van der Waals surface area contributed by atoms with Gasteiger partial charge in [0.2, 0.25) is 0 Å². The Kier molecular flexibility index (Phi) is 1.85. The summed E-state index contributed by atoms with van der Waals surface area (Å²) in [5, 5.41) is 1.12. The van der Waals surface area contributed by atoms with E-state index in [1.54, 1.807) is 6.20 Å². The normalized spacial score (nSPS) is 10.5. The van der Waals surface area contributed by atoms with Gasteiger partial charge in [-0.3, -0.25) is 4.98 Å². The number of nitrogens with zero attached hydrogens (tertiary/aromatic N) is 1. The van der Waals surface area contributed by atoms with Crippen LogP contribution in [0.3, 0.4) is 0 Å². The third-order valence-electron chi connectivity index (χ3n) is 1.71. The van der Waals surface area contributed by atoms with Crippen molar-refractivity contribution in [2.45, 2.75) is 0 Å². The minimum absolute atomic E-state index is 1.00. The van der Waals surface area contributed by atoms with Crippen molar-refractivity contribution in [1.82, 2.24) is 4.98 Å². The largest absolute Gasteiger partial charge is 0.255 e. The first kappa shape index (κ1) is 7.74. The highest BCUT2D eigenvalue weighted by Gasteiger charge is 1.94. The second kappa shape index (κ2) is 2.87. The van der Waals surface area contributed by atoms with Gasteiger partial charge in [0.25, 0.3) is 0 Å². The number of rotatable bonds is 0. The van der Waals surface area contributed by atoms with E-state index >= 15 is 0 Å². The SMILES string of the molecule is [CH2]c1ccc2ncc(Br)cc2c1. The van der Waals surface area contributed by atoms with E-state index in [1.165, 1.54) is 0 Å². The van der Waals surface area contributed by atoms with Crippen LogP contribution in [0.25, 0.3) is 10.9 Å². The number of benzene rings is 1. The lowest BCUT2D eigenvalue weighted by Gasteiger charge is -1.98. The molecule has 0 aliphatic heterocycles. The lowest BCUT2D eigenvalue weighted by Crippen LogP contribution is -1.79. The van der Waals surface area contributed by atoms with Crippen LogP contribution in [-0.2, 0) is 0 Å². The van der Waals surface area contributed by atoms with E-state index < -0.39 is 0 Å². The Balaban J connectivity index is 2.80. The van der Waals surface area contributed by atoms with Gasteiger partial charge in [-0.05, 0) is 46.6 Å². The van der Waals surface area contributed by atoms with Gasteiger partial charge in [-0.1, -0.05) is 6.07 Å². The first-order valence-corrected chi connectivity index (χ1v) is 4.42. The molecule has 0 saturated carbocycles. The highest BCUT2D eigenvalue weighted by Crippen LogP contribution is 2.17. The molecular weight excluding hydrogens is 214 g/mol. The first-order chi connectivity index (χ1) is 5.75. The van der Waals surface area contributed by atoms with Crippen molar-refractivity contribution >= 4 is 26.8 Å². The monoisotopic (exact) mass is 220 g/mol. The summed E-state index contributed by atoms with van der Waals surface area (Å²) >= 11 is 3.37. The van der Waals surface area contributed by atoms with Gasteiger partial charge in [0.05, 0.1) is 5.52 Å². The summed E-state index contributed by atoms with van der Waals surface area (Å²) in [5.74, 6) is 0. The van der Waals surface area contributed by atoms with Crippen molar-refractivity contribution in [2.75, 3.05) is 0 Å². The van der Waals surface area contributed by atoms with Crippen LogP contribution in [0.5, 0.6) is 0 Å². The van der Waals surface area contributed by atoms with E-state index in [0.29, 0.717) is 0 Å². The van der Waals surface area contributed by atoms with Gasteiger partial charge in [-0.2, -0.15) is 0 Å². The van der Waals surface area contributed by atoms with E-state index in [9.17, 15) is 0 Å². The van der Waals surface area contributed by atoms with Gasteiger partial charge < -0.3 is 0 Å². The maximum absolute atomic E-state index is 4.25. The molecule has 1 aromatic carbocycles. The Hall–Kier alpha value is -0.890. The molecule has 2 heteroatoms. The molecule has 2 rings (SSSR count). The molecule has 0 bridgehead atoms. The van der Waals surface area contributed by atoms with Gasteiger partial charge in [-0.25, -0.2) is 0 Å². The number of pyridine rings is 1. The molecule has 0 aliphatic rings. The van der Waals surface area contributed by atoms with Gasteiger partial charge in [0, 0.05) is 16.1 Å². The molecule has 0 fully saturated rings. The topological polar surface area (TPSA) is 12.9 Å². The zero-order valence-corrected chi connectivity index (χ0v) is 8.01. The minimum atomic E-state index is 1.00. The summed E-state index contributed by atoms with van der Waals surface area (Å²) in [4.78, 5) is 4.25. The van der Waals surface area contributed by atoms with E-state index in [0.717, 1.165) is 20.9 Å². The van der Waals surface area contributed by atoms with Gasteiger partial charge in [0.15, 0.2) is 0 Å². The molecule has 1 heterocycles. The summed E-state index contributed by atoms with van der Waals surface area (Å²) < 4.78 is 1.00. The second-order valence-electron chi connectivity index (χ2n) is 2.68. The quantitative estimate of drug-likeness (QED) is 0.665. The zero-order valence-electron chi connectivity index (χ0n) is 6.42. The third-order valence-corrected chi connectivity index (χ3v) is 2.15. The Bertz CT molecular complexity index is 386. The number of halogens is 1. The van der Waals surface area contributed by atoms with Crippen molar-refractivity contribution in [1.29, 1.82) is 0 Å². The molecule has 2 aromatic rings. The van der Waals surface area contributed by atoms with E-state index in [2.05, 4.69) is 27.8 Å². The van der Waals surface area contributed by atoms with Crippen LogP contribution in [0.2, 0.25) is 0 Å². The average molecular weight is 221 g/mol. The maximum Gasteiger partial charge on any atom is 0.0703 e. The summed E-state index contributed by atoms with van der Waals surface area (Å²) in [5.41, 5.74) is 2.02. The van der Waals surface area contributed by atoms with Crippen molar-refractivity contribution < 1.29 is 0 Å². The molecule has 0 amide bonds. The molecular formula is C10H7BrN. The van der Waals surface area contributed by atoms with Crippen LogP contribution >= 0.6 is 15.9 Å². The smallest absolute Gasteiger partial charge is 0.0703 e. The summed E-state index contributed by atoms with van der Waals surface area (Å²) in [6.07, 6.45) is 1.80. The van der Waals surface area contributed by atoms with Crippen LogP contribution < -0.4 is 0 Å². The van der Waals surface area contributed by atoms with Crippen LogP contribution in [0.4, 0.5) is 0 Å². The maximum atomic E-state index is 4.25. The molecule has 1 nitrogen and oxygen atoms in total. The predicted octanol–water partition coefficient (Wildman–Crippen LogP) is 3.18. The zero-order chi connectivity index (χ0) is 8.55. The van der Waals surface area contributed by atoms with E-state index in [1.807, 2.05) is 24.3 Å². The van der Waals surface area contributed by atoms with Gasteiger partial charge in [0.1, 0.15) is 0 Å². The number of aromatic nitrogens is 1. The fourth-order valence-electron chi connectivity index (χ4n) is 1.15. The number of fused-ring (bicyclic) bond motifs is 1. The van der Waals surface area contributed by atoms with Gasteiger partial charge >= 0.3 is 0 Å². The fourth-order valence-corrected chi connectivity index (χ4v) is 1.50. The number of hydrogen-bond acceptors (Lipinski definition) is 1. The molecule has 0 atom stereocenters. The Morgan fingerprint density at radius 1 is 1.25 bits per heavy atom. The average Bonchev–Trinajstić information content (AvgIpc) is 2.03. The lowest BCUT2D eigenvalue weighted by atomic mass is 10.1. The van der Waals surface area contributed by atoms with E-state index in [4.69, 9.17) is 0 Å². The Morgan fingerprint density at radius 2 is 2.08 bits per heavy atom. The Labute approximate surface area is 79.6 Å². The minimum Gasteiger partial charge on any atom is -0.255 e. The summed E-state index contributed by atoms with van der Waals surface area (Å²) in [7, 11) is 0. The lowest BCUT2D eigenvalue weighted by molar-refractivity contribution is 1.39. The molecule has 0 saturated heterocycles. The second-order valence-corrected chi connectivity index (χ2v) is 3.60. The fraction of sp³-hybridized carbons (Fsp3) is 0. The predicted molar refractivity (Wildman–Crippen MR) is 53.9 cm³/mol. The van der Waals surface area contributed by atoms with Gasteiger partial charge in [-0.15, -0.1) is 0 Å². The van der Waals surface area contributed by atoms with Crippen molar-refractivity contribution in [3.05, 3.63) is 47.4 Å². The van der Waals surface area contributed by atoms with Crippen molar-refractivity contribution in [2.24, 2.45) is 0 Å². The van der Waals surface area contributed by atoms with Crippen LogP contribution in [0.15, 0.2) is 34.9 Å². The third kappa shape index (κ3) is 1.34. The van der Waals surface area contributed by atoms with Crippen LogP contribution in [0, 0.1) is 6.92 Å². The molecule has 0 N–H and O–H groups in total. The van der Waals surface area contributed by atoms with Crippen LogP contribution in [-0.4, -0.2) is 4.98 Å². The first-order valence-electron chi connectivity index (χ1n) is 3.63. The Morgan fingerprint density at radius 3 is 2.92 bits per heavy atom. The summed E-state index contributed by atoms with van der Waals surface area (Å²) in [6, 6.07) is 8.00.